The molecule has 1 unspecified atom stereocenters. The number of amides is 1. The van der Waals surface area contributed by atoms with Crippen LogP contribution in [0.1, 0.15) is 37.0 Å². The second-order valence-electron chi connectivity index (χ2n) is 4.31. The van der Waals surface area contributed by atoms with Gasteiger partial charge in [-0.15, -0.1) is 0 Å². The summed E-state index contributed by atoms with van der Waals surface area (Å²) in [5.41, 5.74) is 4.23. The van der Waals surface area contributed by atoms with Crippen molar-refractivity contribution >= 4 is 17.3 Å². The molecule has 0 radical (unpaired) electrons. The zero-order valence-corrected chi connectivity index (χ0v) is 10.8. The van der Waals surface area contributed by atoms with Crippen LogP contribution in [-0.2, 0) is 0 Å². The number of rotatable bonds is 5. The van der Waals surface area contributed by atoms with Gasteiger partial charge in [-0.25, -0.2) is 4.39 Å². The Morgan fingerprint density at radius 2 is 2.21 bits per heavy atom. The molecule has 19 heavy (non-hydrogen) atoms. The lowest BCUT2D eigenvalue weighted by atomic mass is 10.1. The van der Waals surface area contributed by atoms with Gasteiger partial charge in [-0.1, -0.05) is 13.3 Å². The van der Waals surface area contributed by atoms with Crippen molar-refractivity contribution in [2.45, 2.75) is 32.7 Å². The van der Waals surface area contributed by atoms with E-state index in [1.54, 1.807) is 6.92 Å². The van der Waals surface area contributed by atoms with Crippen molar-refractivity contribution in [2.24, 2.45) is 0 Å². The molecule has 1 amide bonds. The molecule has 1 aromatic carbocycles. The van der Waals surface area contributed by atoms with Crippen molar-refractivity contribution in [1.29, 1.82) is 0 Å². The van der Waals surface area contributed by atoms with E-state index in [0.717, 1.165) is 18.9 Å². The third-order valence-electron chi connectivity index (χ3n) is 2.66. The Hall–Kier alpha value is -2.18. The standard InChI is InChI=1S/C12H16FN3O3/c1-3-4-7(2)15-12(17)8-5-10(14)9(13)6-11(8)16(18)19/h5-7H,3-4,14H2,1-2H3,(H,15,17). The van der Waals surface area contributed by atoms with Crippen LogP contribution in [0.5, 0.6) is 0 Å². The fourth-order valence-electron chi connectivity index (χ4n) is 1.72. The van der Waals surface area contributed by atoms with Gasteiger partial charge in [0.2, 0.25) is 0 Å². The van der Waals surface area contributed by atoms with E-state index in [1.807, 2.05) is 6.92 Å². The summed E-state index contributed by atoms with van der Waals surface area (Å²) in [6.45, 7) is 3.75. The molecule has 104 valence electrons. The van der Waals surface area contributed by atoms with Gasteiger partial charge in [-0.2, -0.15) is 0 Å². The smallest absolute Gasteiger partial charge is 0.285 e. The lowest BCUT2D eigenvalue weighted by Crippen LogP contribution is -2.32. The molecule has 0 bridgehead atoms. The van der Waals surface area contributed by atoms with E-state index >= 15 is 0 Å². The predicted molar refractivity (Wildman–Crippen MR) is 69.3 cm³/mol. The van der Waals surface area contributed by atoms with Crippen LogP contribution >= 0.6 is 0 Å². The number of nitrogens with zero attached hydrogens (tertiary/aromatic N) is 1. The molecule has 0 heterocycles. The normalized spacial score (nSPS) is 11.9. The molecule has 1 aromatic rings. The third kappa shape index (κ3) is 3.64. The number of carbonyl (C=O) groups is 1. The summed E-state index contributed by atoms with van der Waals surface area (Å²) < 4.78 is 13.2. The van der Waals surface area contributed by atoms with E-state index < -0.39 is 22.3 Å². The lowest BCUT2D eigenvalue weighted by Gasteiger charge is -2.13. The summed E-state index contributed by atoms with van der Waals surface area (Å²) in [6, 6.07) is 1.53. The Morgan fingerprint density at radius 1 is 1.58 bits per heavy atom. The molecular formula is C12H16FN3O3. The van der Waals surface area contributed by atoms with Gasteiger partial charge in [0.15, 0.2) is 5.82 Å². The molecule has 0 spiro atoms. The van der Waals surface area contributed by atoms with Crippen molar-refractivity contribution in [2.75, 3.05) is 5.73 Å². The first kappa shape index (κ1) is 14.9. The van der Waals surface area contributed by atoms with Crippen LogP contribution < -0.4 is 11.1 Å². The SMILES string of the molecule is CCCC(C)NC(=O)c1cc(N)c(F)cc1[N+](=O)[O-]. The molecule has 1 rings (SSSR count). The number of nitrogens with one attached hydrogen (secondary N) is 1. The Kier molecular flexibility index (Phi) is 4.80. The first-order valence-electron chi connectivity index (χ1n) is 5.91. The number of nitrogen functional groups attached to an aromatic ring is 1. The Morgan fingerprint density at radius 3 is 2.74 bits per heavy atom. The summed E-state index contributed by atoms with van der Waals surface area (Å²) >= 11 is 0. The number of nitro benzene ring substituents is 1. The minimum Gasteiger partial charge on any atom is -0.396 e. The number of hydrogen-bond donors (Lipinski definition) is 2. The summed E-state index contributed by atoms with van der Waals surface area (Å²) in [6.07, 6.45) is 1.62. The van der Waals surface area contributed by atoms with Crippen molar-refractivity contribution in [3.63, 3.8) is 0 Å². The number of benzene rings is 1. The summed E-state index contributed by atoms with van der Waals surface area (Å²) in [5, 5.41) is 13.4. The molecular weight excluding hydrogens is 253 g/mol. The highest BCUT2D eigenvalue weighted by molar-refractivity contribution is 5.99. The van der Waals surface area contributed by atoms with Crippen LogP contribution in [0.3, 0.4) is 0 Å². The van der Waals surface area contributed by atoms with E-state index in [9.17, 15) is 19.3 Å². The zero-order valence-electron chi connectivity index (χ0n) is 10.8. The monoisotopic (exact) mass is 269 g/mol. The average Bonchev–Trinajstić information content (AvgIpc) is 2.31. The maximum absolute atomic E-state index is 13.2. The van der Waals surface area contributed by atoms with Crippen LogP contribution in [0, 0.1) is 15.9 Å². The van der Waals surface area contributed by atoms with Crippen LogP contribution in [-0.4, -0.2) is 16.9 Å². The maximum Gasteiger partial charge on any atom is 0.285 e. The molecule has 0 saturated carbocycles. The van der Waals surface area contributed by atoms with Gasteiger partial charge >= 0.3 is 0 Å². The molecule has 6 nitrogen and oxygen atoms in total. The maximum atomic E-state index is 13.2. The van der Waals surface area contributed by atoms with Gasteiger partial charge in [0.25, 0.3) is 11.6 Å². The van der Waals surface area contributed by atoms with E-state index in [4.69, 9.17) is 5.73 Å². The van der Waals surface area contributed by atoms with E-state index in [1.165, 1.54) is 0 Å². The van der Waals surface area contributed by atoms with Crippen molar-refractivity contribution < 1.29 is 14.1 Å². The summed E-state index contributed by atoms with van der Waals surface area (Å²) in [7, 11) is 0. The lowest BCUT2D eigenvalue weighted by molar-refractivity contribution is -0.385. The van der Waals surface area contributed by atoms with Gasteiger partial charge in [0.05, 0.1) is 16.7 Å². The minimum absolute atomic E-state index is 0.122. The number of anilines is 1. The van der Waals surface area contributed by atoms with Crippen LogP contribution in [0.2, 0.25) is 0 Å². The van der Waals surface area contributed by atoms with Crippen molar-refractivity contribution in [3.8, 4) is 0 Å². The van der Waals surface area contributed by atoms with Gasteiger partial charge in [-0.05, 0) is 19.4 Å². The Bertz CT molecular complexity index is 505. The topological polar surface area (TPSA) is 98.3 Å². The molecule has 0 aromatic heterocycles. The van der Waals surface area contributed by atoms with Crippen molar-refractivity contribution in [1.82, 2.24) is 5.32 Å². The highest BCUT2D eigenvalue weighted by Gasteiger charge is 2.23. The van der Waals surface area contributed by atoms with Crippen LogP contribution in [0.4, 0.5) is 15.8 Å². The largest absolute Gasteiger partial charge is 0.396 e. The molecule has 7 heteroatoms. The Balaban J connectivity index is 3.08. The highest BCUT2D eigenvalue weighted by Crippen LogP contribution is 2.24. The first-order chi connectivity index (χ1) is 8.86. The fraction of sp³-hybridized carbons (Fsp3) is 0.417. The molecule has 3 N–H and O–H groups in total. The third-order valence-corrected chi connectivity index (χ3v) is 2.66. The first-order valence-corrected chi connectivity index (χ1v) is 5.91. The van der Waals surface area contributed by atoms with Crippen molar-refractivity contribution in [3.05, 3.63) is 33.6 Å². The molecule has 0 fully saturated rings. The van der Waals surface area contributed by atoms with E-state index in [0.29, 0.717) is 6.07 Å². The molecule has 0 saturated heterocycles. The summed E-state index contributed by atoms with van der Waals surface area (Å²) in [5.74, 6) is -1.54. The van der Waals surface area contributed by atoms with Crippen LogP contribution in [0.25, 0.3) is 0 Å². The van der Waals surface area contributed by atoms with E-state index in [-0.39, 0.29) is 17.3 Å². The molecule has 0 aliphatic rings. The summed E-state index contributed by atoms with van der Waals surface area (Å²) in [4.78, 5) is 21.9. The zero-order chi connectivity index (χ0) is 14.6. The minimum atomic E-state index is -0.912. The van der Waals surface area contributed by atoms with Gasteiger partial charge in [-0.3, -0.25) is 14.9 Å². The second kappa shape index (κ2) is 6.12. The van der Waals surface area contributed by atoms with Gasteiger partial charge in [0.1, 0.15) is 5.56 Å². The quantitative estimate of drug-likeness (QED) is 0.486. The number of halogens is 1. The van der Waals surface area contributed by atoms with Gasteiger partial charge in [0, 0.05) is 6.04 Å². The number of nitrogens with two attached hydrogens (primary N) is 1. The number of hydrogen-bond acceptors (Lipinski definition) is 4. The molecule has 1 atom stereocenters. The average molecular weight is 269 g/mol. The van der Waals surface area contributed by atoms with Gasteiger partial charge < -0.3 is 11.1 Å². The van der Waals surface area contributed by atoms with Crippen LogP contribution in [0.15, 0.2) is 12.1 Å². The highest BCUT2D eigenvalue weighted by atomic mass is 19.1. The van der Waals surface area contributed by atoms with E-state index in [2.05, 4.69) is 5.32 Å². The number of carbonyl (C=O) groups excluding carboxylic acids is 1. The second-order valence-corrected chi connectivity index (χ2v) is 4.31. The fourth-order valence-corrected chi connectivity index (χ4v) is 1.72. The Labute approximate surface area is 109 Å². The molecule has 0 aliphatic heterocycles. The predicted octanol–water partition coefficient (Wildman–Crippen LogP) is 2.23. The number of nitro groups is 1. The molecule has 0 aliphatic carbocycles.